The van der Waals surface area contributed by atoms with E-state index in [1.807, 2.05) is 0 Å². The lowest BCUT2D eigenvalue weighted by Gasteiger charge is -2.18. The SMILES string of the molecule is C=CCOc1c(C=NNC(=O)C(C(=O)Nc2ccc(OC)cc2)C(C)C)cccc1OC. The van der Waals surface area contributed by atoms with Crippen LogP contribution < -0.4 is 25.0 Å². The fraction of sp³-hybridized carbons (Fsp3) is 0.292. The summed E-state index contributed by atoms with van der Waals surface area (Å²) in [5.74, 6) is -0.438. The van der Waals surface area contributed by atoms with Gasteiger partial charge in [0.05, 0.1) is 20.4 Å². The van der Waals surface area contributed by atoms with Crippen LogP contribution in [0.2, 0.25) is 0 Å². The van der Waals surface area contributed by atoms with Crippen molar-refractivity contribution in [2.75, 3.05) is 26.1 Å². The molecule has 0 aliphatic heterocycles. The average molecular weight is 440 g/mol. The number of carbonyl (C=O) groups is 2. The second-order valence-electron chi connectivity index (χ2n) is 7.15. The summed E-state index contributed by atoms with van der Waals surface area (Å²) in [6.45, 7) is 7.52. The summed E-state index contributed by atoms with van der Waals surface area (Å²) in [6.07, 6.45) is 3.06. The summed E-state index contributed by atoms with van der Waals surface area (Å²) in [5.41, 5.74) is 3.63. The Labute approximate surface area is 188 Å². The van der Waals surface area contributed by atoms with Gasteiger partial charge in [-0.2, -0.15) is 5.10 Å². The maximum atomic E-state index is 12.7. The van der Waals surface area contributed by atoms with Gasteiger partial charge in [0.2, 0.25) is 5.91 Å². The maximum absolute atomic E-state index is 12.7. The van der Waals surface area contributed by atoms with Gasteiger partial charge in [0, 0.05) is 11.3 Å². The molecule has 0 aromatic heterocycles. The van der Waals surface area contributed by atoms with Gasteiger partial charge in [-0.3, -0.25) is 9.59 Å². The van der Waals surface area contributed by atoms with E-state index in [0.29, 0.717) is 28.5 Å². The number of benzene rings is 2. The third-order valence-electron chi connectivity index (χ3n) is 4.54. The van der Waals surface area contributed by atoms with Crippen molar-refractivity contribution in [3.63, 3.8) is 0 Å². The van der Waals surface area contributed by atoms with Crippen LogP contribution in [-0.4, -0.2) is 38.9 Å². The lowest BCUT2D eigenvalue weighted by Crippen LogP contribution is -2.39. The fourth-order valence-corrected chi connectivity index (χ4v) is 2.95. The van der Waals surface area contributed by atoms with E-state index in [1.54, 1.807) is 69.5 Å². The molecule has 0 spiro atoms. The highest BCUT2D eigenvalue weighted by Gasteiger charge is 2.30. The minimum atomic E-state index is -0.934. The van der Waals surface area contributed by atoms with Crippen molar-refractivity contribution < 1.29 is 23.8 Å². The number of anilines is 1. The van der Waals surface area contributed by atoms with E-state index in [1.165, 1.54) is 13.3 Å². The van der Waals surface area contributed by atoms with Crippen molar-refractivity contribution in [3.05, 3.63) is 60.7 Å². The molecular weight excluding hydrogens is 410 g/mol. The standard InChI is InChI=1S/C24H29N3O5/c1-6-14-32-22-17(8-7-9-20(22)31-5)15-25-27-24(29)21(16(2)3)23(28)26-18-10-12-19(30-4)13-11-18/h6-13,15-16,21H,1,14H2,2-5H3,(H,26,28)(H,27,29). The number of hydrazone groups is 1. The van der Waals surface area contributed by atoms with Gasteiger partial charge in [-0.15, -0.1) is 0 Å². The Hall–Kier alpha value is -3.81. The lowest BCUT2D eigenvalue weighted by molar-refractivity contribution is -0.134. The number of ether oxygens (including phenoxy) is 3. The topological polar surface area (TPSA) is 98.2 Å². The zero-order valence-electron chi connectivity index (χ0n) is 18.8. The van der Waals surface area contributed by atoms with Crippen molar-refractivity contribution >= 4 is 23.7 Å². The molecule has 0 heterocycles. The number of nitrogens with zero attached hydrogens (tertiary/aromatic N) is 1. The lowest BCUT2D eigenvalue weighted by atomic mass is 9.94. The second-order valence-corrected chi connectivity index (χ2v) is 7.15. The summed E-state index contributed by atoms with van der Waals surface area (Å²) in [6, 6.07) is 12.2. The smallest absolute Gasteiger partial charge is 0.252 e. The van der Waals surface area contributed by atoms with Crippen LogP contribution in [0.1, 0.15) is 19.4 Å². The molecule has 8 heteroatoms. The molecule has 170 valence electrons. The van der Waals surface area contributed by atoms with Crippen LogP contribution in [0.15, 0.2) is 60.2 Å². The van der Waals surface area contributed by atoms with Crippen LogP contribution in [0, 0.1) is 11.8 Å². The van der Waals surface area contributed by atoms with Crippen LogP contribution >= 0.6 is 0 Å². The first-order chi connectivity index (χ1) is 15.4. The Morgan fingerprint density at radius 2 is 1.78 bits per heavy atom. The van der Waals surface area contributed by atoms with Crippen LogP contribution in [-0.2, 0) is 9.59 Å². The Balaban J connectivity index is 2.10. The van der Waals surface area contributed by atoms with Crippen molar-refractivity contribution in [2.45, 2.75) is 13.8 Å². The minimum Gasteiger partial charge on any atom is -0.497 e. The molecule has 2 amide bonds. The Bertz CT molecular complexity index is 955. The van der Waals surface area contributed by atoms with Crippen molar-refractivity contribution in [1.29, 1.82) is 0 Å². The first-order valence-corrected chi connectivity index (χ1v) is 10.1. The van der Waals surface area contributed by atoms with E-state index in [9.17, 15) is 9.59 Å². The molecule has 1 unspecified atom stereocenters. The van der Waals surface area contributed by atoms with E-state index in [2.05, 4.69) is 22.4 Å². The van der Waals surface area contributed by atoms with Crippen molar-refractivity contribution in [3.8, 4) is 17.2 Å². The molecule has 0 saturated carbocycles. The number of carbonyl (C=O) groups excluding carboxylic acids is 2. The van der Waals surface area contributed by atoms with Gasteiger partial charge in [-0.1, -0.05) is 32.6 Å². The van der Waals surface area contributed by atoms with E-state index >= 15 is 0 Å². The Morgan fingerprint density at radius 1 is 1.06 bits per heavy atom. The van der Waals surface area contributed by atoms with Crippen LogP contribution in [0.4, 0.5) is 5.69 Å². The van der Waals surface area contributed by atoms with E-state index in [4.69, 9.17) is 14.2 Å². The normalized spacial score (nSPS) is 11.7. The summed E-state index contributed by atoms with van der Waals surface area (Å²) < 4.78 is 16.1. The predicted octanol–water partition coefficient (Wildman–Crippen LogP) is 3.63. The summed E-state index contributed by atoms with van der Waals surface area (Å²) in [4.78, 5) is 25.5. The van der Waals surface area contributed by atoms with Crippen LogP contribution in [0.25, 0.3) is 0 Å². The molecule has 0 bridgehead atoms. The number of hydrogen-bond acceptors (Lipinski definition) is 6. The molecular formula is C24H29N3O5. The molecule has 2 aromatic rings. The highest BCUT2D eigenvalue weighted by Crippen LogP contribution is 2.30. The molecule has 2 aromatic carbocycles. The highest BCUT2D eigenvalue weighted by molar-refractivity contribution is 6.06. The number of amides is 2. The largest absolute Gasteiger partial charge is 0.497 e. The van der Waals surface area contributed by atoms with Gasteiger partial charge in [-0.05, 0) is 42.3 Å². The van der Waals surface area contributed by atoms with E-state index in [0.717, 1.165) is 0 Å². The Kier molecular flexibility index (Phi) is 9.28. The monoisotopic (exact) mass is 439 g/mol. The minimum absolute atomic E-state index is 0.244. The van der Waals surface area contributed by atoms with Gasteiger partial charge in [-0.25, -0.2) is 5.43 Å². The average Bonchev–Trinajstić information content (AvgIpc) is 2.78. The maximum Gasteiger partial charge on any atom is 0.252 e. The molecule has 0 radical (unpaired) electrons. The molecule has 0 saturated heterocycles. The predicted molar refractivity (Wildman–Crippen MR) is 124 cm³/mol. The first-order valence-electron chi connectivity index (χ1n) is 10.1. The highest BCUT2D eigenvalue weighted by atomic mass is 16.5. The molecule has 0 aliphatic carbocycles. The van der Waals surface area contributed by atoms with Gasteiger partial charge < -0.3 is 19.5 Å². The van der Waals surface area contributed by atoms with E-state index in [-0.39, 0.29) is 12.5 Å². The van der Waals surface area contributed by atoms with Gasteiger partial charge in [0.25, 0.3) is 5.91 Å². The zero-order chi connectivity index (χ0) is 23.5. The molecule has 32 heavy (non-hydrogen) atoms. The van der Waals surface area contributed by atoms with Crippen LogP contribution in [0.3, 0.4) is 0 Å². The quantitative estimate of drug-likeness (QED) is 0.241. The summed E-state index contributed by atoms with van der Waals surface area (Å²) in [5, 5.41) is 6.78. The third-order valence-corrected chi connectivity index (χ3v) is 4.54. The second kappa shape index (κ2) is 12.1. The summed E-state index contributed by atoms with van der Waals surface area (Å²) >= 11 is 0. The number of rotatable bonds is 11. The van der Waals surface area contributed by atoms with Gasteiger partial charge in [0.15, 0.2) is 11.5 Å². The molecule has 0 aliphatic rings. The third kappa shape index (κ3) is 6.60. The molecule has 2 N–H and O–H groups in total. The van der Waals surface area contributed by atoms with Crippen molar-refractivity contribution in [1.82, 2.24) is 5.43 Å². The van der Waals surface area contributed by atoms with Gasteiger partial charge >= 0.3 is 0 Å². The van der Waals surface area contributed by atoms with E-state index < -0.39 is 17.7 Å². The Morgan fingerprint density at radius 3 is 2.38 bits per heavy atom. The first kappa shape index (κ1) is 24.5. The zero-order valence-corrected chi connectivity index (χ0v) is 18.8. The molecule has 2 rings (SSSR count). The number of hydrogen-bond donors (Lipinski definition) is 2. The molecule has 0 fully saturated rings. The van der Waals surface area contributed by atoms with Crippen molar-refractivity contribution in [2.24, 2.45) is 16.9 Å². The number of para-hydroxylation sites is 1. The van der Waals surface area contributed by atoms with Crippen LogP contribution in [0.5, 0.6) is 17.2 Å². The van der Waals surface area contributed by atoms with Gasteiger partial charge in [0.1, 0.15) is 18.3 Å². The molecule has 8 nitrogen and oxygen atoms in total. The summed E-state index contributed by atoms with van der Waals surface area (Å²) in [7, 11) is 3.10. The molecule has 1 atom stereocenters. The fourth-order valence-electron chi connectivity index (χ4n) is 2.95. The number of methoxy groups -OCH3 is 2. The number of nitrogens with one attached hydrogen (secondary N) is 2.